The number of nitrogens with zero attached hydrogens (tertiary/aromatic N) is 3. The van der Waals surface area contributed by atoms with Gasteiger partial charge < -0.3 is 20.3 Å². The maximum atomic E-state index is 12.0. The first-order valence-electron chi connectivity index (χ1n) is 10.1. The van der Waals surface area contributed by atoms with Gasteiger partial charge in [-0.1, -0.05) is 18.2 Å². The summed E-state index contributed by atoms with van der Waals surface area (Å²) >= 11 is 0. The molecular formula is C21H35N5O2. The number of para-hydroxylation sites is 1. The van der Waals surface area contributed by atoms with Crippen LogP contribution in [0.3, 0.4) is 0 Å². The van der Waals surface area contributed by atoms with E-state index in [1.54, 1.807) is 7.05 Å². The van der Waals surface area contributed by atoms with Gasteiger partial charge >= 0.3 is 0 Å². The van der Waals surface area contributed by atoms with Crippen LogP contribution < -0.4 is 15.4 Å². The van der Waals surface area contributed by atoms with Crippen LogP contribution in [-0.4, -0.2) is 81.1 Å². The highest BCUT2D eigenvalue weighted by Gasteiger charge is 2.27. The Kier molecular flexibility index (Phi) is 8.57. The zero-order valence-corrected chi connectivity index (χ0v) is 17.7. The van der Waals surface area contributed by atoms with Gasteiger partial charge in [0.05, 0.1) is 12.0 Å². The van der Waals surface area contributed by atoms with Crippen molar-refractivity contribution in [3.05, 3.63) is 30.3 Å². The summed E-state index contributed by atoms with van der Waals surface area (Å²) in [7, 11) is 1.67. The first kappa shape index (κ1) is 22.0. The molecule has 0 spiro atoms. The number of carbonyl (C=O) groups excluding carboxylic acids is 1. The first-order valence-corrected chi connectivity index (χ1v) is 10.1. The van der Waals surface area contributed by atoms with Crippen molar-refractivity contribution in [2.24, 2.45) is 10.4 Å². The molecule has 28 heavy (non-hydrogen) atoms. The summed E-state index contributed by atoms with van der Waals surface area (Å²) in [6.07, 6.45) is 0. The molecular weight excluding hydrogens is 354 g/mol. The van der Waals surface area contributed by atoms with Crippen LogP contribution in [0.25, 0.3) is 0 Å². The fraction of sp³-hybridized carbons (Fsp3) is 0.619. The minimum atomic E-state index is -0.522. The average molecular weight is 390 g/mol. The normalized spacial score (nSPS) is 16.0. The van der Waals surface area contributed by atoms with Crippen LogP contribution in [0.1, 0.15) is 20.8 Å². The SMILES string of the molecule is CCNC(=NCC(C)(C)C(=O)NC)N1CCN(CCOc2ccccc2)CC1. The lowest BCUT2D eigenvalue weighted by atomic mass is 9.93. The Bertz CT molecular complexity index is 625. The smallest absolute Gasteiger partial charge is 0.227 e. The molecule has 0 unspecified atom stereocenters. The van der Waals surface area contributed by atoms with Crippen LogP contribution >= 0.6 is 0 Å². The standard InChI is InChI=1S/C21H35N5O2/c1-5-23-20(24-17-21(2,3)19(27)22-4)26-13-11-25(12-14-26)15-16-28-18-9-7-6-8-10-18/h6-10H,5,11-17H2,1-4H3,(H,22,27)(H,23,24). The minimum Gasteiger partial charge on any atom is -0.492 e. The second kappa shape index (κ2) is 10.9. The summed E-state index contributed by atoms with van der Waals surface area (Å²) in [6, 6.07) is 9.93. The van der Waals surface area contributed by atoms with Gasteiger partial charge in [0, 0.05) is 46.3 Å². The van der Waals surface area contributed by atoms with Gasteiger partial charge in [0.1, 0.15) is 12.4 Å². The molecule has 0 bridgehead atoms. The number of guanidine groups is 1. The van der Waals surface area contributed by atoms with E-state index >= 15 is 0 Å². The van der Waals surface area contributed by atoms with Gasteiger partial charge in [-0.05, 0) is 32.9 Å². The Hall–Kier alpha value is -2.28. The van der Waals surface area contributed by atoms with Crippen molar-refractivity contribution in [3.63, 3.8) is 0 Å². The van der Waals surface area contributed by atoms with Crippen molar-refractivity contribution >= 4 is 11.9 Å². The van der Waals surface area contributed by atoms with E-state index in [2.05, 4.69) is 27.4 Å². The fourth-order valence-corrected chi connectivity index (χ4v) is 3.10. The molecule has 1 aliphatic rings. The molecule has 156 valence electrons. The second-order valence-corrected chi connectivity index (χ2v) is 7.62. The van der Waals surface area contributed by atoms with E-state index in [1.807, 2.05) is 44.2 Å². The van der Waals surface area contributed by atoms with E-state index in [1.165, 1.54) is 0 Å². The highest BCUT2D eigenvalue weighted by Crippen LogP contribution is 2.16. The summed E-state index contributed by atoms with van der Waals surface area (Å²) in [5.41, 5.74) is -0.522. The third-order valence-corrected chi connectivity index (χ3v) is 4.89. The van der Waals surface area contributed by atoms with Crippen LogP contribution in [0.4, 0.5) is 0 Å². The van der Waals surface area contributed by atoms with Gasteiger partial charge in [-0.15, -0.1) is 0 Å². The van der Waals surface area contributed by atoms with Crippen LogP contribution in [0.15, 0.2) is 35.3 Å². The van der Waals surface area contributed by atoms with E-state index in [0.717, 1.165) is 51.0 Å². The number of piperazine rings is 1. The highest BCUT2D eigenvalue weighted by molar-refractivity contribution is 5.83. The Morgan fingerprint density at radius 3 is 2.46 bits per heavy atom. The fourth-order valence-electron chi connectivity index (χ4n) is 3.10. The van der Waals surface area contributed by atoms with E-state index in [4.69, 9.17) is 9.73 Å². The van der Waals surface area contributed by atoms with Gasteiger partial charge in [0.15, 0.2) is 5.96 Å². The highest BCUT2D eigenvalue weighted by atomic mass is 16.5. The number of ether oxygens (including phenoxy) is 1. The monoisotopic (exact) mass is 389 g/mol. The number of hydrogen-bond donors (Lipinski definition) is 2. The Labute approximate surface area is 169 Å². The molecule has 0 saturated carbocycles. The molecule has 1 aromatic rings. The summed E-state index contributed by atoms with van der Waals surface area (Å²) in [6.45, 7) is 12.6. The zero-order chi connectivity index (χ0) is 20.4. The van der Waals surface area contributed by atoms with E-state index in [-0.39, 0.29) is 5.91 Å². The van der Waals surface area contributed by atoms with Gasteiger partial charge in [-0.2, -0.15) is 0 Å². The maximum absolute atomic E-state index is 12.0. The van der Waals surface area contributed by atoms with Gasteiger partial charge in [0.2, 0.25) is 5.91 Å². The van der Waals surface area contributed by atoms with Crippen LogP contribution in [0, 0.1) is 5.41 Å². The lowest BCUT2D eigenvalue weighted by Crippen LogP contribution is -2.53. The molecule has 7 heteroatoms. The number of hydrogen-bond acceptors (Lipinski definition) is 4. The average Bonchev–Trinajstić information content (AvgIpc) is 2.72. The van der Waals surface area contributed by atoms with E-state index < -0.39 is 5.41 Å². The molecule has 0 radical (unpaired) electrons. The summed E-state index contributed by atoms with van der Waals surface area (Å²) < 4.78 is 5.80. The van der Waals surface area contributed by atoms with Gasteiger partial charge in [0.25, 0.3) is 0 Å². The molecule has 2 N–H and O–H groups in total. The molecule has 0 atom stereocenters. The van der Waals surface area contributed by atoms with Crippen molar-refractivity contribution in [2.45, 2.75) is 20.8 Å². The molecule has 0 aliphatic carbocycles. The van der Waals surface area contributed by atoms with Crippen molar-refractivity contribution in [3.8, 4) is 5.75 Å². The molecule has 2 rings (SSSR count). The molecule has 1 saturated heterocycles. The second-order valence-electron chi connectivity index (χ2n) is 7.62. The molecule has 0 aromatic heterocycles. The molecule has 1 aliphatic heterocycles. The molecule has 1 aromatic carbocycles. The number of rotatable bonds is 8. The number of amides is 1. The van der Waals surface area contributed by atoms with Crippen LogP contribution in [0.5, 0.6) is 5.75 Å². The van der Waals surface area contributed by atoms with Gasteiger partial charge in [-0.25, -0.2) is 0 Å². The van der Waals surface area contributed by atoms with Crippen molar-refractivity contribution in [1.29, 1.82) is 0 Å². The third-order valence-electron chi connectivity index (χ3n) is 4.89. The van der Waals surface area contributed by atoms with Gasteiger partial charge in [-0.3, -0.25) is 14.7 Å². The Balaban J connectivity index is 1.81. The first-order chi connectivity index (χ1) is 13.5. The molecule has 7 nitrogen and oxygen atoms in total. The largest absolute Gasteiger partial charge is 0.492 e. The minimum absolute atomic E-state index is 0.00957. The van der Waals surface area contributed by atoms with Crippen molar-refractivity contribution in [2.75, 3.05) is 59.5 Å². The van der Waals surface area contributed by atoms with E-state index in [9.17, 15) is 4.79 Å². The predicted molar refractivity (Wildman–Crippen MR) is 114 cm³/mol. The topological polar surface area (TPSA) is 69.2 Å². The summed E-state index contributed by atoms with van der Waals surface area (Å²) in [4.78, 5) is 21.4. The third kappa shape index (κ3) is 6.71. The van der Waals surface area contributed by atoms with Crippen molar-refractivity contribution in [1.82, 2.24) is 20.4 Å². The summed E-state index contributed by atoms with van der Waals surface area (Å²) in [5, 5.41) is 6.08. The lowest BCUT2D eigenvalue weighted by molar-refractivity contribution is -0.128. The number of carbonyl (C=O) groups is 1. The number of nitrogens with one attached hydrogen (secondary N) is 2. The zero-order valence-electron chi connectivity index (χ0n) is 17.7. The van der Waals surface area contributed by atoms with Crippen LogP contribution in [-0.2, 0) is 4.79 Å². The van der Waals surface area contributed by atoms with E-state index in [0.29, 0.717) is 13.2 Å². The Morgan fingerprint density at radius 2 is 1.86 bits per heavy atom. The maximum Gasteiger partial charge on any atom is 0.227 e. The Morgan fingerprint density at radius 1 is 1.18 bits per heavy atom. The molecule has 1 amide bonds. The van der Waals surface area contributed by atoms with Crippen molar-refractivity contribution < 1.29 is 9.53 Å². The summed E-state index contributed by atoms with van der Waals surface area (Å²) in [5.74, 6) is 1.82. The number of aliphatic imine (C=N–C) groups is 1. The number of benzene rings is 1. The molecule has 1 fully saturated rings. The molecule has 1 heterocycles. The lowest BCUT2D eigenvalue weighted by Gasteiger charge is -2.36. The van der Waals surface area contributed by atoms with Crippen LogP contribution in [0.2, 0.25) is 0 Å². The quantitative estimate of drug-likeness (QED) is 0.520. The predicted octanol–water partition coefficient (Wildman–Crippen LogP) is 1.42.